The minimum Gasteiger partial charge on any atom is -0.472 e. The zero-order valence-electron chi connectivity index (χ0n) is 7.37. The molecule has 0 amide bonds. The molecule has 0 rings (SSSR count). The van der Waals surface area contributed by atoms with Gasteiger partial charge in [-0.2, -0.15) is 0 Å². The van der Waals surface area contributed by atoms with Crippen molar-refractivity contribution in [1.29, 1.82) is 0 Å². The molecule has 0 bridgehead atoms. The Kier molecular flexibility index (Phi) is 4.27. The third kappa shape index (κ3) is 8.95. The lowest BCUT2D eigenvalue weighted by molar-refractivity contribution is 0.403. The second-order valence-corrected chi connectivity index (χ2v) is 3.23. The zero-order chi connectivity index (χ0) is 8.74. The van der Waals surface area contributed by atoms with Crippen molar-refractivity contribution in [3.05, 3.63) is 25.3 Å². The minimum absolute atomic E-state index is 0.124. The molecule has 0 aliphatic carbocycles. The molecular formula is C9H15NO. The number of nitrogens with zero attached hydrogens (tertiary/aromatic N) is 1. The summed E-state index contributed by atoms with van der Waals surface area (Å²) in [6.45, 7) is 9.63. The van der Waals surface area contributed by atoms with E-state index in [0.717, 1.165) is 0 Å². The first kappa shape index (κ1) is 9.95. The predicted molar refractivity (Wildman–Crippen MR) is 48.4 cm³/mol. The molecule has 0 heterocycles. The van der Waals surface area contributed by atoms with Crippen LogP contribution in [0.15, 0.2) is 30.3 Å². The van der Waals surface area contributed by atoms with Crippen molar-refractivity contribution in [2.45, 2.75) is 20.8 Å². The molecule has 62 valence electrons. The minimum atomic E-state index is 0.124. The predicted octanol–water partition coefficient (Wildman–Crippen LogP) is 2.73. The molecule has 0 aliphatic rings. The van der Waals surface area contributed by atoms with Crippen LogP contribution in [0.25, 0.3) is 0 Å². The lowest BCUT2D eigenvalue weighted by Crippen LogP contribution is -2.05. The Bertz CT molecular complexity index is 163. The van der Waals surface area contributed by atoms with Gasteiger partial charge in [0.05, 0.1) is 12.5 Å². The standard InChI is InChI=1S/C9H15NO/c1-5-11-7-6-10-8-9(2,3)4/h5-8H,1H2,2-4H3/b7-6-,10-8+. The Morgan fingerprint density at radius 1 is 1.36 bits per heavy atom. The van der Waals surface area contributed by atoms with Gasteiger partial charge in [0.2, 0.25) is 0 Å². The van der Waals surface area contributed by atoms with E-state index >= 15 is 0 Å². The van der Waals surface area contributed by atoms with E-state index in [9.17, 15) is 0 Å². The molecule has 0 aromatic carbocycles. The highest BCUT2D eigenvalue weighted by atomic mass is 16.5. The van der Waals surface area contributed by atoms with Crippen LogP contribution in [0.1, 0.15) is 20.8 Å². The number of ether oxygens (including phenoxy) is 1. The smallest absolute Gasteiger partial charge is 0.108 e. The fourth-order valence-corrected chi connectivity index (χ4v) is 0.392. The van der Waals surface area contributed by atoms with Gasteiger partial charge in [-0.1, -0.05) is 27.4 Å². The monoisotopic (exact) mass is 153 g/mol. The molecule has 2 nitrogen and oxygen atoms in total. The van der Waals surface area contributed by atoms with Crippen molar-refractivity contribution in [2.75, 3.05) is 0 Å². The number of aliphatic imine (C=N–C) groups is 1. The Balaban J connectivity index is 3.68. The Morgan fingerprint density at radius 3 is 2.45 bits per heavy atom. The fourth-order valence-electron chi connectivity index (χ4n) is 0.392. The quantitative estimate of drug-likeness (QED) is 0.451. The Labute approximate surface area is 68.3 Å². The van der Waals surface area contributed by atoms with Gasteiger partial charge in [0.25, 0.3) is 0 Å². The van der Waals surface area contributed by atoms with Gasteiger partial charge in [-0.25, -0.2) is 0 Å². The van der Waals surface area contributed by atoms with Crippen molar-refractivity contribution in [3.8, 4) is 0 Å². The van der Waals surface area contributed by atoms with E-state index in [1.807, 2.05) is 6.21 Å². The van der Waals surface area contributed by atoms with Crippen LogP contribution < -0.4 is 0 Å². The van der Waals surface area contributed by atoms with Crippen LogP contribution >= 0.6 is 0 Å². The van der Waals surface area contributed by atoms with Crippen LogP contribution in [0.5, 0.6) is 0 Å². The Morgan fingerprint density at radius 2 is 2.00 bits per heavy atom. The van der Waals surface area contributed by atoms with E-state index in [-0.39, 0.29) is 5.41 Å². The summed E-state index contributed by atoms with van der Waals surface area (Å²) >= 11 is 0. The second-order valence-electron chi connectivity index (χ2n) is 3.23. The summed E-state index contributed by atoms with van der Waals surface area (Å²) in [5, 5.41) is 0. The first-order chi connectivity index (χ1) is 5.06. The number of hydrogen-bond acceptors (Lipinski definition) is 2. The van der Waals surface area contributed by atoms with E-state index < -0.39 is 0 Å². The lowest BCUT2D eigenvalue weighted by atomic mass is 9.99. The summed E-state index contributed by atoms with van der Waals surface area (Å²) in [6, 6.07) is 0. The maximum Gasteiger partial charge on any atom is 0.108 e. The van der Waals surface area contributed by atoms with E-state index in [1.165, 1.54) is 12.5 Å². The zero-order valence-corrected chi connectivity index (χ0v) is 7.37. The molecule has 0 atom stereocenters. The molecule has 0 aromatic rings. The van der Waals surface area contributed by atoms with Crippen LogP contribution in [-0.4, -0.2) is 6.21 Å². The van der Waals surface area contributed by atoms with Crippen LogP contribution in [0.4, 0.5) is 0 Å². The van der Waals surface area contributed by atoms with Crippen LogP contribution in [0.2, 0.25) is 0 Å². The van der Waals surface area contributed by atoms with Crippen molar-refractivity contribution >= 4 is 6.21 Å². The Hall–Kier alpha value is -1.05. The van der Waals surface area contributed by atoms with Gasteiger partial charge in [-0.15, -0.1) is 0 Å². The number of rotatable bonds is 3. The van der Waals surface area contributed by atoms with Crippen molar-refractivity contribution in [3.63, 3.8) is 0 Å². The SMILES string of the molecule is C=CO/C=C\N=C\C(C)(C)C. The molecule has 0 aliphatic heterocycles. The molecule has 0 radical (unpaired) electrons. The molecule has 0 unspecified atom stereocenters. The average molecular weight is 153 g/mol. The first-order valence-electron chi connectivity index (χ1n) is 3.52. The molecule has 0 spiro atoms. The topological polar surface area (TPSA) is 21.6 Å². The van der Waals surface area contributed by atoms with Crippen LogP contribution in [0.3, 0.4) is 0 Å². The summed E-state index contributed by atoms with van der Waals surface area (Å²) in [6.07, 6.45) is 6.28. The largest absolute Gasteiger partial charge is 0.472 e. The van der Waals surface area contributed by atoms with Gasteiger partial charge in [0.15, 0.2) is 0 Å². The maximum atomic E-state index is 4.72. The van der Waals surface area contributed by atoms with Gasteiger partial charge in [0, 0.05) is 6.21 Å². The van der Waals surface area contributed by atoms with E-state index in [1.54, 1.807) is 6.20 Å². The number of hydrogen-bond donors (Lipinski definition) is 0. The summed E-state index contributed by atoms with van der Waals surface area (Å²) in [4.78, 5) is 4.00. The highest BCUT2D eigenvalue weighted by Gasteiger charge is 2.03. The molecule has 11 heavy (non-hydrogen) atoms. The summed E-state index contributed by atoms with van der Waals surface area (Å²) < 4.78 is 4.72. The third-order valence-corrected chi connectivity index (χ3v) is 0.784. The third-order valence-electron chi connectivity index (χ3n) is 0.784. The van der Waals surface area contributed by atoms with E-state index in [2.05, 4.69) is 32.3 Å². The van der Waals surface area contributed by atoms with E-state index in [4.69, 9.17) is 4.74 Å². The van der Waals surface area contributed by atoms with Gasteiger partial charge >= 0.3 is 0 Å². The van der Waals surface area contributed by atoms with Crippen molar-refractivity contribution < 1.29 is 4.74 Å². The summed E-state index contributed by atoms with van der Waals surface area (Å²) in [5.74, 6) is 0. The molecule has 0 fully saturated rings. The molecule has 0 N–H and O–H groups in total. The van der Waals surface area contributed by atoms with Crippen LogP contribution in [0, 0.1) is 5.41 Å². The normalized spacial score (nSPS) is 12.6. The summed E-state index contributed by atoms with van der Waals surface area (Å²) in [7, 11) is 0. The average Bonchev–Trinajstić information content (AvgIpc) is 1.85. The van der Waals surface area contributed by atoms with Crippen molar-refractivity contribution in [1.82, 2.24) is 0 Å². The highest BCUT2D eigenvalue weighted by molar-refractivity contribution is 5.64. The molecule has 0 saturated carbocycles. The second kappa shape index (κ2) is 4.72. The lowest BCUT2D eigenvalue weighted by Gasteiger charge is -2.08. The van der Waals surface area contributed by atoms with E-state index in [0.29, 0.717) is 0 Å². The molecule has 0 aromatic heterocycles. The first-order valence-corrected chi connectivity index (χ1v) is 3.52. The highest BCUT2D eigenvalue weighted by Crippen LogP contribution is 2.07. The van der Waals surface area contributed by atoms with Gasteiger partial charge in [-0.05, 0) is 5.41 Å². The van der Waals surface area contributed by atoms with Gasteiger partial charge in [0.1, 0.15) is 6.26 Å². The fraction of sp³-hybridized carbons (Fsp3) is 0.444. The maximum absolute atomic E-state index is 4.72. The molecule has 0 saturated heterocycles. The van der Waals surface area contributed by atoms with Crippen molar-refractivity contribution in [2.24, 2.45) is 10.4 Å². The molecular weight excluding hydrogens is 138 g/mol. The van der Waals surface area contributed by atoms with Crippen LogP contribution in [-0.2, 0) is 4.74 Å². The van der Waals surface area contributed by atoms with Gasteiger partial charge < -0.3 is 4.74 Å². The van der Waals surface area contributed by atoms with Gasteiger partial charge in [-0.3, -0.25) is 4.99 Å². The summed E-state index contributed by atoms with van der Waals surface area (Å²) in [5.41, 5.74) is 0.124. The molecule has 2 heteroatoms.